The highest BCUT2D eigenvalue weighted by atomic mass is 32.2. The molecule has 0 rings (SSSR count). The number of sulfonamides is 1. The molecule has 0 aliphatic carbocycles. The summed E-state index contributed by atoms with van der Waals surface area (Å²) in [7, 11) is 2.10. The first-order chi connectivity index (χ1) is 13.7. The average Bonchev–Trinajstić information content (AvgIpc) is 2.62. The minimum absolute atomic E-state index is 0.0201. The van der Waals surface area contributed by atoms with Crippen LogP contribution in [0.1, 0.15) is 54.4 Å². The first-order valence-electron chi connectivity index (χ1n) is 10.6. The van der Waals surface area contributed by atoms with Crippen molar-refractivity contribution in [3.8, 4) is 0 Å². The largest absolute Gasteiger partial charge is 0.444 e. The van der Waals surface area contributed by atoms with E-state index < -0.39 is 21.7 Å². The monoisotopic (exact) mass is 449 g/mol. The number of hydrogen-bond acceptors (Lipinski definition) is 5. The van der Waals surface area contributed by atoms with E-state index in [2.05, 4.69) is 29.5 Å². The lowest BCUT2D eigenvalue weighted by atomic mass is 10.0. The van der Waals surface area contributed by atoms with Gasteiger partial charge in [-0.25, -0.2) is 17.5 Å². The molecule has 178 valence electrons. The average molecular weight is 450 g/mol. The molecule has 0 bridgehead atoms. The summed E-state index contributed by atoms with van der Waals surface area (Å²) >= 11 is 0. The number of hydrogen-bond donors (Lipinski definition) is 2. The molecule has 0 spiro atoms. The van der Waals surface area contributed by atoms with Crippen LogP contribution in [-0.4, -0.2) is 87.8 Å². The molecule has 1 atom stereocenters. The van der Waals surface area contributed by atoms with Crippen molar-refractivity contribution in [2.24, 2.45) is 10.9 Å². The Balaban J connectivity index is 4.55. The quantitative estimate of drug-likeness (QED) is 0.284. The summed E-state index contributed by atoms with van der Waals surface area (Å²) in [6.07, 6.45) is 1.01. The fourth-order valence-electron chi connectivity index (χ4n) is 2.72. The lowest BCUT2D eigenvalue weighted by Gasteiger charge is -2.28. The maximum atomic E-state index is 12.1. The summed E-state index contributed by atoms with van der Waals surface area (Å²) < 4.78 is 30.3. The van der Waals surface area contributed by atoms with Crippen molar-refractivity contribution in [1.29, 1.82) is 0 Å². The lowest BCUT2D eigenvalue weighted by Crippen LogP contribution is -2.45. The molecule has 0 heterocycles. The number of carbonyl (C=O) groups is 1. The van der Waals surface area contributed by atoms with E-state index in [1.807, 2.05) is 32.7 Å². The van der Waals surface area contributed by atoms with Gasteiger partial charge in [0, 0.05) is 46.8 Å². The van der Waals surface area contributed by atoms with E-state index >= 15 is 0 Å². The predicted octanol–water partition coefficient (Wildman–Crippen LogP) is 2.10. The van der Waals surface area contributed by atoms with Crippen LogP contribution < -0.4 is 10.6 Å². The molecule has 30 heavy (non-hydrogen) atoms. The van der Waals surface area contributed by atoms with Crippen molar-refractivity contribution < 1.29 is 17.9 Å². The molecular formula is C20H43N5O4S. The number of nitrogens with zero attached hydrogens (tertiary/aromatic N) is 3. The van der Waals surface area contributed by atoms with E-state index in [0.717, 1.165) is 12.4 Å². The Morgan fingerprint density at radius 3 is 2.23 bits per heavy atom. The zero-order valence-corrected chi connectivity index (χ0v) is 21.1. The SMILES string of the molecule is CCS(=O)(=O)N(C)CCCNC(=NC)N(C)CCC(NC(=O)OC(C)(C)C)C(C)C. The second-order valence-corrected chi connectivity index (χ2v) is 11.1. The van der Waals surface area contributed by atoms with Gasteiger partial charge in [0.15, 0.2) is 5.96 Å². The van der Waals surface area contributed by atoms with Gasteiger partial charge in [0.1, 0.15) is 5.60 Å². The number of rotatable bonds is 11. The van der Waals surface area contributed by atoms with Crippen molar-refractivity contribution in [3.63, 3.8) is 0 Å². The summed E-state index contributed by atoms with van der Waals surface area (Å²) in [6, 6.07) is -0.0201. The lowest BCUT2D eigenvalue weighted by molar-refractivity contribution is 0.0485. The maximum Gasteiger partial charge on any atom is 0.407 e. The molecule has 0 aliphatic rings. The van der Waals surface area contributed by atoms with Crippen molar-refractivity contribution in [1.82, 2.24) is 19.8 Å². The van der Waals surface area contributed by atoms with Gasteiger partial charge in [-0.15, -0.1) is 0 Å². The Hall–Kier alpha value is -1.55. The number of guanidine groups is 1. The van der Waals surface area contributed by atoms with Gasteiger partial charge in [-0.1, -0.05) is 13.8 Å². The van der Waals surface area contributed by atoms with Crippen LogP contribution in [0, 0.1) is 5.92 Å². The van der Waals surface area contributed by atoms with Crippen LogP contribution in [0.25, 0.3) is 0 Å². The predicted molar refractivity (Wildman–Crippen MR) is 123 cm³/mol. The molecule has 0 saturated heterocycles. The number of ether oxygens (including phenoxy) is 1. The van der Waals surface area contributed by atoms with Crippen LogP contribution in [0.2, 0.25) is 0 Å². The number of aliphatic imine (C=N–C) groups is 1. The maximum absolute atomic E-state index is 12.1. The number of carbonyl (C=O) groups excluding carboxylic acids is 1. The smallest absolute Gasteiger partial charge is 0.407 e. The number of amides is 1. The second-order valence-electron chi connectivity index (χ2n) is 8.76. The Labute approximate surface area is 183 Å². The molecule has 0 aromatic heterocycles. The number of alkyl carbamates (subject to hydrolysis) is 1. The molecule has 0 aliphatic heterocycles. The normalized spacial score (nSPS) is 14.0. The van der Waals surface area contributed by atoms with Gasteiger partial charge in [0.25, 0.3) is 0 Å². The minimum atomic E-state index is -3.15. The zero-order chi connectivity index (χ0) is 23.5. The van der Waals surface area contributed by atoms with Crippen molar-refractivity contribution in [2.75, 3.05) is 46.5 Å². The molecule has 0 aromatic rings. The van der Waals surface area contributed by atoms with E-state index in [1.54, 1.807) is 21.0 Å². The van der Waals surface area contributed by atoms with Gasteiger partial charge in [-0.05, 0) is 46.5 Å². The van der Waals surface area contributed by atoms with Crippen LogP contribution in [0.15, 0.2) is 4.99 Å². The molecular weight excluding hydrogens is 406 g/mol. The fraction of sp³-hybridized carbons (Fsp3) is 0.900. The zero-order valence-electron chi connectivity index (χ0n) is 20.3. The van der Waals surface area contributed by atoms with E-state index in [4.69, 9.17) is 4.74 Å². The Bertz CT molecular complexity index is 644. The van der Waals surface area contributed by atoms with Gasteiger partial charge in [-0.2, -0.15) is 0 Å². The summed E-state index contributed by atoms with van der Waals surface area (Å²) in [4.78, 5) is 18.4. The van der Waals surface area contributed by atoms with Crippen LogP contribution in [0.4, 0.5) is 4.79 Å². The van der Waals surface area contributed by atoms with E-state index in [1.165, 1.54) is 4.31 Å². The highest BCUT2D eigenvalue weighted by Gasteiger charge is 2.22. The minimum Gasteiger partial charge on any atom is -0.444 e. The molecule has 1 amide bonds. The van der Waals surface area contributed by atoms with Crippen molar-refractivity contribution in [3.05, 3.63) is 0 Å². The number of nitrogens with one attached hydrogen (secondary N) is 2. The molecule has 0 saturated carbocycles. The first kappa shape index (κ1) is 28.5. The molecule has 1 unspecified atom stereocenters. The third-order valence-electron chi connectivity index (χ3n) is 4.63. The van der Waals surface area contributed by atoms with Gasteiger partial charge in [-0.3, -0.25) is 4.99 Å². The van der Waals surface area contributed by atoms with Gasteiger partial charge in [0.2, 0.25) is 10.0 Å². The van der Waals surface area contributed by atoms with Crippen LogP contribution >= 0.6 is 0 Å². The van der Waals surface area contributed by atoms with Crippen LogP contribution in [0.3, 0.4) is 0 Å². The van der Waals surface area contributed by atoms with Gasteiger partial charge >= 0.3 is 6.09 Å². The molecule has 9 nitrogen and oxygen atoms in total. The second kappa shape index (κ2) is 13.0. The van der Waals surface area contributed by atoms with Crippen molar-refractivity contribution in [2.45, 2.75) is 66.0 Å². The third-order valence-corrected chi connectivity index (χ3v) is 6.49. The van der Waals surface area contributed by atoms with Crippen LogP contribution in [-0.2, 0) is 14.8 Å². The summed E-state index contributed by atoms with van der Waals surface area (Å²) in [5, 5.41) is 6.22. The molecule has 0 aromatic carbocycles. The summed E-state index contributed by atoms with van der Waals surface area (Å²) in [6.45, 7) is 13.1. The van der Waals surface area contributed by atoms with Crippen LogP contribution in [0.5, 0.6) is 0 Å². The Kier molecular flexibility index (Phi) is 12.3. The summed E-state index contributed by atoms with van der Waals surface area (Å²) in [5.41, 5.74) is -0.529. The highest BCUT2D eigenvalue weighted by molar-refractivity contribution is 7.89. The Morgan fingerprint density at radius 2 is 1.77 bits per heavy atom. The molecule has 10 heteroatoms. The molecule has 0 radical (unpaired) electrons. The van der Waals surface area contributed by atoms with E-state index in [-0.39, 0.29) is 17.7 Å². The van der Waals surface area contributed by atoms with E-state index in [9.17, 15) is 13.2 Å². The summed E-state index contributed by atoms with van der Waals surface area (Å²) in [5.74, 6) is 1.10. The highest BCUT2D eigenvalue weighted by Crippen LogP contribution is 2.11. The van der Waals surface area contributed by atoms with Gasteiger partial charge in [0.05, 0.1) is 5.75 Å². The standard InChI is InChI=1S/C20H43N5O4S/c1-10-30(27,28)25(9)14-11-13-22-18(21-7)24(8)15-12-17(16(2)3)23-19(26)29-20(4,5)6/h16-17H,10-15H2,1-9H3,(H,21,22)(H,23,26). The fourth-order valence-corrected chi connectivity index (χ4v) is 3.56. The third kappa shape index (κ3) is 11.6. The van der Waals surface area contributed by atoms with Crippen molar-refractivity contribution >= 4 is 22.1 Å². The van der Waals surface area contributed by atoms with E-state index in [0.29, 0.717) is 26.1 Å². The van der Waals surface area contributed by atoms with Gasteiger partial charge < -0.3 is 20.3 Å². The first-order valence-corrected chi connectivity index (χ1v) is 12.2. The molecule has 0 fully saturated rings. The molecule has 2 N–H and O–H groups in total. The Morgan fingerprint density at radius 1 is 1.17 bits per heavy atom. The topological polar surface area (TPSA) is 103 Å².